The second-order valence-corrected chi connectivity index (χ2v) is 5.64. The molecule has 0 spiro atoms. The van der Waals surface area contributed by atoms with Gasteiger partial charge in [-0.1, -0.05) is 0 Å². The quantitative estimate of drug-likeness (QED) is 0.657. The maximum Gasteiger partial charge on any atom is 0.269 e. The largest absolute Gasteiger partial charge is 0.393 e. The topological polar surface area (TPSA) is 92.5 Å². The number of rotatable bonds is 4. The molecular weight excluding hydrogens is 272 g/mol. The standard InChI is InChI=1S/C15H20N2O4/c1-10-8-12(17(20)21)4-7-14(10)15(19)16-9-11-2-5-13(18)6-3-11/h4,7-8,11,13,18H,2-3,5-6,9H2,1H3,(H,16,19). The van der Waals surface area contributed by atoms with Crippen LogP contribution in [0.2, 0.25) is 0 Å². The number of benzene rings is 1. The number of non-ortho nitro benzene ring substituents is 1. The maximum absolute atomic E-state index is 12.1. The van der Waals surface area contributed by atoms with E-state index in [2.05, 4.69) is 5.32 Å². The second-order valence-electron chi connectivity index (χ2n) is 5.64. The number of nitro benzene ring substituents is 1. The fraction of sp³-hybridized carbons (Fsp3) is 0.533. The third-order valence-corrected chi connectivity index (χ3v) is 4.03. The van der Waals surface area contributed by atoms with Gasteiger partial charge < -0.3 is 10.4 Å². The van der Waals surface area contributed by atoms with Crippen LogP contribution in [0, 0.1) is 23.0 Å². The van der Waals surface area contributed by atoms with E-state index in [1.807, 2.05) is 0 Å². The number of aliphatic hydroxyl groups excluding tert-OH is 1. The van der Waals surface area contributed by atoms with Gasteiger partial charge in [-0.05, 0) is 50.2 Å². The van der Waals surface area contributed by atoms with Gasteiger partial charge in [0.25, 0.3) is 11.6 Å². The Hall–Kier alpha value is -1.95. The molecule has 0 radical (unpaired) electrons. The number of nitrogens with one attached hydrogen (secondary N) is 1. The fourth-order valence-corrected chi connectivity index (χ4v) is 2.70. The van der Waals surface area contributed by atoms with Crippen molar-refractivity contribution in [2.24, 2.45) is 5.92 Å². The molecular formula is C15H20N2O4. The molecule has 1 aromatic rings. The minimum absolute atomic E-state index is 0.00896. The maximum atomic E-state index is 12.1. The van der Waals surface area contributed by atoms with E-state index in [4.69, 9.17) is 0 Å². The molecule has 1 amide bonds. The molecule has 114 valence electrons. The molecule has 1 fully saturated rings. The van der Waals surface area contributed by atoms with Crippen LogP contribution in [-0.4, -0.2) is 28.6 Å². The van der Waals surface area contributed by atoms with E-state index >= 15 is 0 Å². The zero-order valence-electron chi connectivity index (χ0n) is 12.0. The first-order chi connectivity index (χ1) is 9.97. The third kappa shape index (κ3) is 4.01. The Morgan fingerprint density at radius 2 is 2.05 bits per heavy atom. The lowest BCUT2D eigenvalue weighted by atomic mass is 9.87. The zero-order chi connectivity index (χ0) is 15.4. The Labute approximate surface area is 123 Å². The minimum Gasteiger partial charge on any atom is -0.393 e. The van der Waals surface area contributed by atoms with Crippen LogP contribution >= 0.6 is 0 Å². The minimum atomic E-state index is -0.470. The van der Waals surface area contributed by atoms with E-state index in [1.165, 1.54) is 18.2 Å². The molecule has 0 aliphatic heterocycles. The summed E-state index contributed by atoms with van der Waals surface area (Å²) >= 11 is 0. The summed E-state index contributed by atoms with van der Waals surface area (Å²) in [6, 6.07) is 4.25. The highest BCUT2D eigenvalue weighted by atomic mass is 16.6. The normalized spacial score (nSPS) is 21.8. The van der Waals surface area contributed by atoms with Crippen molar-refractivity contribution in [1.29, 1.82) is 0 Å². The summed E-state index contributed by atoms with van der Waals surface area (Å²) in [6.07, 6.45) is 3.21. The molecule has 2 rings (SSSR count). The Balaban J connectivity index is 1.93. The van der Waals surface area contributed by atoms with Crippen molar-refractivity contribution in [3.05, 3.63) is 39.4 Å². The van der Waals surface area contributed by atoms with Crippen LogP contribution in [0.15, 0.2) is 18.2 Å². The Morgan fingerprint density at radius 3 is 2.62 bits per heavy atom. The first-order valence-corrected chi connectivity index (χ1v) is 7.18. The van der Waals surface area contributed by atoms with Gasteiger partial charge in [-0.25, -0.2) is 0 Å². The van der Waals surface area contributed by atoms with Crippen molar-refractivity contribution in [2.45, 2.75) is 38.7 Å². The highest BCUT2D eigenvalue weighted by Gasteiger charge is 2.20. The number of nitro groups is 1. The van der Waals surface area contributed by atoms with Crippen LogP contribution < -0.4 is 5.32 Å². The van der Waals surface area contributed by atoms with Crippen LogP contribution in [0.3, 0.4) is 0 Å². The molecule has 0 aromatic heterocycles. The second kappa shape index (κ2) is 6.67. The first-order valence-electron chi connectivity index (χ1n) is 7.18. The molecule has 1 aromatic carbocycles. The smallest absolute Gasteiger partial charge is 0.269 e. The van der Waals surface area contributed by atoms with Crippen LogP contribution in [0.25, 0.3) is 0 Å². The third-order valence-electron chi connectivity index (χ3n) is 4.03. The van der Waals surface area contributed by atoms with Crippen LogP contribution in [0.1, 0.15) is 41.6 Å². The lowest BCUT2D eigenvalue weighted by Gasteiger charge is -2.25. The SMILES string of the molecule is Cc1cc([N+](=O)[O-])ccc1C(=O)NCC1CCC(O)CC1. The molecule has 0 atom stereocenters. The van der Waals surface area contributed by atoms with E-state index < -0.39 is 4.92 Å². The van der Waals surface area contributed by atoms with E-state index in [-0.39, 0.29) is 17.7 Å². The summed E-state index contributed by atoms with van der Waals surface area (Å²) in [5.74, 6) is 0.198. The van der Waals surface area contributed by atoms with Crippen LogP contribution in [0.5, 0.6) is 0 Å². The van der Waals surface area contributed by atoms with Crippen molar-refractivity contribution in [3.8, 4) is 0 Å². The van der Waals surface area contributed by atoms with Gasteiger partial charge in [0.15, 0.2) is 0 Å². The van der Waals surface area contributed by atoms with Crippen molar-refractivity contribution in [1.82, 2.24) is 5.32 Å². The van der Waals surface area contributed by atoms with E-state index in [0.717, 1.165) is 25.7 Å². The van der Waals surface area contributed by atoms with E-state index in [0.29, 0.717) is 23.6 Å². The van der Waals surface area contributed by atoms with Crippen molar-refractivity contribution < 1.29 is 14.8 Å². The highest BCUT2D eigenvalue weighted by Crippen LogP contribution is 2.23. The molecule has 1 aliphatic rings. The Bertz CT molecular complexity index is 536. The van der Waals surface area contributed by atoms with Gasteiger partial charge in [0.05, 0.1) is 11.0 Å². The number of carbonyl (C=O) groups is 1. The van der Waals surface area contributed by atoms with Crippen molar-refractivity contribution in [3.63, 3.8) is 0 Å². The number of hydrogen-bond donors (Lipinski definition) is 2. The van der Waals surface area contributed by atoms with Crippen LogP contribution in [-0.2, 0) is 0 Å². The highest BCUT2D eigenvalue weighted by molar-refractivity contribution is 5.95. The zero-order valence-corrected chi connectivity index (χ0v) is 12.0. The molecule has 0 heterocycles. The predicted octanol–water partition coefficient (Wildman–Crippen LogP) is 2.18. The number of amides is 1. The monoisotopic (exact) mass is 292 g/mol. The molecule has 2 N–H and O–H groups in total. The fourth-order valence-electron chi connectivity index (χ4n) is 2.70. The number of hydrogen-bond acceptors (Lipinski definition) is 4. The summed E-state index contributed by atoms with van der Waals surface area (Å²) < 4.78 is 0. The molecule has 0 saturated heterocycles. The first kappa shape index (κ1) is 15.4. The molecule has 0 bridgehead atoms. The molecule has 1 saturated carbocycles. The summed E-state index contributed by atoms with van der Waals surface area (Å²) in [5, 5.41) is 23.0. The van der Waals surface area contributed by atoms with Gasteiger partial charge in [-0.15, -0.1) is 0 Å². The number of nitrogens with zero attached hydrogens (tertiary/aromatic N) is 1. The van der Waals surface area contributed by atoms with E-state index in [1.54, 1.807) is 6.92 Å². The van der Waals surface area contributed by atoms with Gasteiger partial charge in [-0.2, -0.15) is 0 Å². The van der Waals surface area contributed by atoms with Gasteiger partial charge in [0, 0.05) is 24.2 Å². The molecule has 0 unspecified atom stereocenters. The lowest BCUT2D eigenvalue weighted by Crippen LogP contribution is -2.32. The Morgan fingerprint density at radius 1 is 1.38 bits per heavy atom. The predicted molar refractivity (Wildman–Crippen MR) is 78.1 cm³/mol. The summed E-state index contributed by atoms with van der Waals surface area (Å²) in [7, 11) is 0. The van der Waals surface area contributed by atoms with Crippen molar-refractivity contribution >= 4 is 11.6 Å². The molecule has 6 nitrogen and oxygen atoms in total. The Kier molecular flexibility index (Phi) is 4.90. The molecule has 6 heteroatoms. The summed E-state index contributed by atoms with van der Waals surface area (Å²) in [4.78, 5) is 22.3. The average molecular weight is 292 g/mol. The van der Waals surface area contributed by atoms with Gasteiger partial charge in [-0.3, -0.25) is 14.9 Å². The lowest BCUT2D eigenvalue weighted by molar-refractivity contribution is -0.384. The number of aryl methyl sites for hydroxylation is 1. The number of carbonyl (C=O) groups excluding carboxylic acids is 1. The summed E-state index contributed by atoms with van der Waals surface area (Å²) in [6.45, 7) is 2.28. The van der Waals surface area contributed by atoms with Crippen molar-refractivity contribution in [2.75, 3.05) is 6.54 Å². The number of aliphatic hydroxyl groups is 1. The van der Waals surface area contributed by atoms with E-state index in [9.17, 15) is 20.0 Å². The molecule has 21 heavy (non-hydrogen) atoms. The van der Waals surface area contributed by atoms with Crippen LogP contribution in [0.4, 0.5) is 5.69 Å². The summed E-state index contributed by atoms with van der Waals surface area (Å²) in [5.41, 5.74) is 1.06. The molecule has 1 aliphatic carbocycles. The van der Waals surface area contributed by atoms with Gasteiger partial charge >= 0.3 is 0 Å². The average Bonchev–Trinajstić information content (AvgIpc) is 2.46. The van der Waals surface area contributed by atoms with Gasteiger partial charge in [0.2, 0.25) is 0 Å². The van der Waals surface area contributed by atoms with Gasteiger partial charge in [0.1, 0.15) is 0 Å².